The normalized spacial score (nSPS) is 40.3. The molecule has 0 saturated heterocycles. The van der Waals surface area contributed by atoms with Gasteiger partial charge in [-0.2, -0.15) is 0 Å². The maximum Gasteiger partial charge on any atom is 0.519 e. The third kappa shape index (κ3) is 3.93. The van der Waals surface area contributed by atoms with Crippen LogP contribution in [0, 0.1) is 63.7 Å². The van der Waals surface area contributed by atoms with Crippen LogP contribution in [0.25, 0.3) is 4.85 Å². The first kappa shape index (κ1) is 30.8. The van der Waals surface area contributed by atoms with Crippen molar-refractivity contribution in [3.05, 3.63) is 57.0 Å². The molecule has 0 aromatic carbocycles. The van der Waals surface area contributed by atoms with E-state index in [1.807, 2.05) is 26.0 Å². The summed E-state index contributed by atoms with van der Waals surface area (Å²) in [6.45, 7) is 24.2. The van der Waals surface area contributed by atoms with E-state index in [9.17, 15) is 19.2 Å². The van der Waals surface area contributed by atoms with E-state index in [2.05, 4.69) is 39.5 Å². The minimum absolute atomic E-state index is 0.0158. The third-order valence-corrected chi connectivity index (χ3v) is 13.4. The molecule has 1 aromatic rings. The second kappa shape index (κ2) is 9.40. The number of carbonyl (C=O) groups is 3. The van der Waals surface area contributed by atoms with Gasteiger partial charge in [0.25, 0.3) is 0 Å². The van der Waals surface area contributed by atoms with Crippen LogP contribution in [0.15, 0.2) is 37.1 Å². The number of aryl methyl sites for hydroxylation is 1. The molecule has 7 atom stereocenters. The molecule has 8 heteroatoms. The van der Waals surface area contributed by atoms with Crippen LogP contribution < -0.4 is 5.82 Å². The van der Waals surface area contributed by atoms with Gasteiger partial charge in [0, 0.05) is 16.7 Å². The molecule has 0 radical (unpaired) electrons. The van der Waals surface area contributed by atoms with Crippen molar-refractivity contribution in [3.8, 4) is 0 Å². The fourth-order valence-electron chi connectivity index (χ4n) is 10.7. The Bertz CT molecular complexity index is 1630. The van der Waals surface area contributed by atoms with E-state index in [1.165, 1.54) is 0 Å². The molecule has 0 spiro atoms. The third-order valence-electron chi connectivity index (χ3n) is 13.4. The number of rotatable bonds is 3. The van der Waals surface area contributed by atoms with Gasteiger partial charge in [0.2, 0.25) is 5.70 Å². The number of fused-ring (bicyclic) bond motifs is 7. The summed E-state index contributed by atoms with van der Waals surface area (Å²) in [5, 5.41) is 0. The van der Waals surface area contributed by atoms with Crippen LogP contribution in [0.1, 0.15) is 105 Å². The Morgan fingerprint density at radius 1 is 1.00 bits per heavy atom. The Hall–Kier alpha value is -3.21. The molecule has 236 valence electrons. The van der Waals surface area contributed by atoms with Crippen molar-refractivity contribution in [2.75, 3.05) is 0 Å². The van der Waals surface area contributed by atoms with E-state index in [0.29, 0.717) is 19.3 Å². The van der Waals surface area contributed by atoms with Gasteiger partial charge in [-0.1, -0.05) is 60.1 Å². The number of Topliss-reactive ketones (excluding diaryl/α,β-unsaturated/α-hetero) is 1. The molecule has 1 aromatic heterocycles. The number of carbonyl (C=O) groups excluding carboxylic acids is 3. The zero-order valence-electron chi connectivity index (χ0n) is 27.3. The van der Waals surface area contributed by atoms with Crippen LogP contribution in [0.2, 0.25) is 0 Å². The van der Waals surface area contributed by atoms with Gasteiger partial charge in [-0.15, -0.1) is 0 Å². The predicted molar refractivity (Wildman–Crippen MR) is 162 cm³/mol. The number of nitrogens with zero attached hydrogens (tertiary/aromatic N) is 1. The van der Waals surface area contributed by atoms with Gasteiger partial charge in [-0.05, 0) is 86.0 Å². The lowest BCUT2D eigenvalue weighted by Gasteiger charge is -2.68. The summed E-state index contributed by atoms with van der Waals surface area (Å²) < 4.78 is 15.9. The highest BCUT2D eigenvalue weighted by molar-refractivity contribution is 6.03. The molecular weight excluding hydrogens is 558 g/mol. The summed E-state index contributed by atoms with van der Waals surface area (Å²) in [5.74, 6) is -1.32. The molecule has 3 saturated carbocycles. The van der Waals surface area contributed by atoms with E-state index in [-0.39, 0.29) is 69.9 Å². The van der Waals surface area contributed by atoms with Crippen molar-refractivity contribution in [3.63, 3.8) is 0 Å². The summed E-state index contributed by atoms with van der Waals surface area (Å²) in [7, 11) is 0. The Balaban J connectivity index is 1.44. The molecule has 44 heavy (non-hydrogen) atoms. The first-order valence-corrected chi connectivity index (χ1v) is 16.0. The lowest BCUT2D eigenvalue weighted by molar-refractivity contribution is -0.194. The largest absolute Gasteiger partial charge is 0.519 e. The molecule has 5 aliphatic carbocycles. The standard InChI is InChI=1S/C36H45NO7/c1-20-24(44-30(41)43-20)19-42-29(40)36-14-12-31(2,3)17-21(36)27-23(38)16-26-33(6)18-22(37-9)28(39)32(4,5)25(33)10-11-34(26,7)35(27,8)13-15-36/h16,18,21,25,27H,10-15,17,19H2,1-8H3. The molecule has 0 N–H and O–H groups in total. The average molecular weight is 604 g/mol. The topological polar surface area (TPSA) is 108 Å². The molecule has 0 aliphatic heterocycles. The SMILES string of the molecule is [C-]#[N+]C1=CC2(C)C3=CC(=O)C4C5CC(C)(C)CCC5(C(=O)OCc5oc(=O)oc5C)CCC4(C)C3(C)CCC2C(C)(C)C1=O. The second-order valence-electron chi connectivity index (χ2n) is 16.4. The smallest absolute Gasteiger partial charge is 0.457 e. The average Bonchev–Trinajstić information content (AvgIpc) is 3.26. The van der Waals surface area contributed by atoms with Crippen LogP contribution >= 0.6 is 0 Å². The van der Waals surface area contributed by atoms with Crippen molar-refractivity contribution >= 4 is 17.5 Å². The Morgan fingerprint density at radius 3 is 2.32 bits per heavy atom. The van der Waals surface area contributed by atoms with Crippen LogP contribution in [0.3, 0.4) is 0 Å². The molecule has 0 bridgehead atoms. The minimum Gasteiger partial charge on any atom is -0.457 e. The molecule has 8 nitrogen and oxygen atoms in total. The van der Waals surface area contributed by atoms with Gasteiger partial charge < -0.3 is 18.4 Å². The van der Waals surface area contributed by atoms with Gasteiger partial charge in [0.15, 0.2) is 29.7 Å². The van der Waals surface area contributed by atoms with Gasteiger partial charge in [-0.3, -0.25) is 9.59 Å². The molecule has 0 amide bonds. The Labute approximate surface area is 259 Å². The van der Waals surface area contributed by atoms with Gasteiger partial charge in [0.1, 0.15) is 0 Å². The molecule has 5 aliphatic rings. The van der Waals surface area contributed by atoms with Crippen molar-refractivity contribution < 1.29 is 28.0 Å². The fourth-order valence-corrected chi connectivity index (χ4v) is 10.7. The highest BCUT2D eigenvalue weighted by Gasteiger charge is 2.71. The summed E-state index contributed by atoms with van der Waals surface area (Å²) in [6, 6.07) is 0. The van der Waals surface area contributed by atoms with Crippen LogP contribution in [-0.2, 0) is 25.7 Å². The van der Waals surface area contributed by atoms with E-state index in [4.69, 9.17) is 20.1 Å². The summed E-state index contributed by atoms with van der Waals surface area (Å²) in [6.07, 6.45) is 8.89. The second-order valence-corrected chi connectivity index (χ2v) is 16.4. The van der Waals surface area contributed by atoms with Crippen LogP contribution in [0.4, 0.5) is 0 Å². The van der Waals surface area contributed by atoms with E-state index >= 15 is 0 Å². The first-order chi connectivity index (χ1) is 20.4. The van der Waals surface area contributed by atoms with E-state index in [1.54, 1.807) is 6.92 Å². The van der Waals surface area contributed by atoms with Crippen molar-refractivity contribution in [2.45, 2.75) is 107 Å². The number of ether oxygens (including phenoxy) is 1. The highest BCUT2D eigenvalue weighted by atomic mass is 16.6. The first-order valence-electron chi connectivity index (χ1n) is 16.0. The molecule has 7 unspecified atom stereocenters. The molecular formula is C36H45NO7. The number of esters is 1. The predicted octanol–water partition coefficient (Wildman–Crippen LogP) is 7.16. The number of ketones is 2. The van der Waals surface area contributed by atoms with Gasteiger partial charge in [0.05, 0.1) is 12.0 Å². The van der Waals surface area contributed by atoms with Crippen LogP contribution in [0.5, 0.6) is 0 Å². The van der Waals surface area contributed by atoms with E-state index in [0.717, 1.165) is 31.3 Å². The summed E-state index contributed by atoms with van der Waals surface area (Å²) in [4.78, 5) is 57.3. The number of allylic oxidation sites excluding steroid dienone is 4. The maximum atomic E-state index is 14.6. The van der Waals surface area contributed by atoms with E-state index < -0.39 is 27.5 Å². The van der Waals surface area contributed by atoms with Gasteiger partial charge >= 0.3 is 11.8 Å². The fraction of sp³-hybridized carbons (Fsp3) is 0.694. The lowest BCUT2D eigenvalue weighted by atomic mass is 9.34. The monoisotopic (exact) mass is 603 g/mol. The van der Waals surface area contributed by atoms with Crippen molar-refractivity contribution in [1.82, 2.24) is 0 Å². The zero-order chi connectivity index (χ0) is 32.3. The zero-order valence-corrected chi connectivity index (χ0v) is 27.3. The lowest BCUT2D eigenvalue weighted by Crippen LogP contribution is -2.65. The molecule has 6 rings (SSSR count). The van der Waals surface area contributed by atoms with Gasteiger partial charge in [-0.25, -0.2) is 9.64 Å². The highest BCUT2D eigenvalue weighted by Crippen LogP contribution is 2.74. The van der Waals surface area contributed by atoms with Crippen molar-refractivity contribution in [2.24, 2.45) is 50.2 Å². The summed E-state index contributed by atoms with van der Waals surface area (Å²) in [5.41, 5.74) is -1.73. The van der Waals surface area contributed by atoms with Crippen molar-refractivity contribution in [1.29, 1.82) is 0 Å². The summed E-state index contributed by atoms with van der Waals surface area (Å²) >= 11 is 0. The molecule has 3 fully saturated rings. The quantitative estimate of drug-likeness (QED) is 0.266. The number of hydrogen-bond donors (Lipinski definition) is 0. The Kier molecular flexibility index (Phi) is 6.58. The van der Waals surface area contributed by atoms with Crippen LogP contribution in [-0.4, -0.2) is 17.5 Å². The maximum absolute atomic E-state index is 14.6. The molecule has 1 heterocycles. The minimum atomic E-state index is -0.825. The number of hydrogen-bond acceptors (Lipinski definition) is 7. The Morgan fingerprint density at radius 2 is 1.68 bits per heavy atom.